The fourth-order valence-electron chi connectivity index (χ4n) is 6.39. The summed E-state index contributed by atoms with van der Waals surface area (Å²) in [7, 11) is 0. The molecule has 1 aliphatic rings. The number of carbonyl (C=O) groups is 1. The Balaban J connectivity index is 1.24. The molecule has 41 heavy (non-hydrogen) atoms. The maximum absolute atomic E-state index is 13.6. The first-order valence-corrected chi connectivity index (χ1v) is 13.9. The van der Waals surface area contributed by atoms with Crippen molar-refractivity contribution >= 4 is 27.8 Å². The Hall–Kier alpha value is -4.78. The van der Waals surface area contributed by atoms with E-state index in [2.05, 4.69) is 53.6 Å². The van der Waals surface area contributed by atoms with Gasteiger partial charge in [0.2, 0.25) is 5.91 Å². The first kappa shape index (κ1) is 25.2. The highest BCUT2D eigenvalue weighted by molar-refractivity contribution is 5.87. The normalized spacial score (nSPS) is 17.1. The highest BCUT2D eigenvalue weighted by Crippen LogP contribution is 2.41. The zero-order chi connectivity index (χ0) is 28.0. The third-order valence-corrected chi connectivity index (χ3v) is 8.42. The lowest BCUT2D eigenvalue weighted by atomic mass is 9.73. The van der Waals surface area contributed by atoms with Gasteiger partial charge < -0.3 is 9.42 Å². The second kappa shape index (κ2) is 10.0. The number of likely N-dealkylation sites (tertiary alicyclic amines) is 1. The lowest BCUT2D eigenvalue weighted by Gasteiger charge is -2.32. The Kier molecular flexibility index (Phi) is 6.15. The van der Waals surface area contributed by atoms with Crippen molar-refractivity contribution in [1.82, 2.24) is 19.8 Å². The number of para-hydroxylation sites is 1. The molecule has 0 saturated carbocycles. The number of rotatable bonds is 6. The minimum atomic E-state index is -0.274. The van der Waals surface area contributed by atoms with E-state index in [0.29, 0.717) is 24.4 Å². The third kappa shape index (κ3) is 4.57. The smallest absolute Gasteiger partial charge is 0.228 e. The number of fused-ring (bicyclic) bond motifs is 2. The van der Waals surface area contributed by atoms with Gasteiger partial charge in [-0.05, 0) is 85.0 Å². The summed E-state index contributed by atoms with van der Waals surface area (Å²) < 4.78 is 20.9. The van der Waals surface area contributed by atoms with E-state index in [1.807, 2.05) is 46.1 Å². The predicted octanol–water partition coefficient (Wildman–Crippen LogP) is 6.57. The number of amides is 1. The largest absolute Gasteiger partial charge is 0.356 e. The van der Waals surface area contributed by atoms with E-state index in [1.165, 1.54) is 23.3 Å². The minimum absolute atomic E-state index is 0.0573. The van der Waals surface area contributed by atoms with Gasteiger partial charge in [-0.15, -0.1) is 0 Å². The molecule has 1 amide bonds. The van der Waals surface area contributed by atoms with E-state index in [1.54, 1.807) is 12.1 Å². The van der Waals surface area contributed by atoms with Gasteiger partial charge in [-0.1, -0.05) is 47.6 Å². The van der Waals surface area contributed by atoms with Gasteiger partial charge in [0, 0.05) is 29.3 Å². The van der Waals surface area contributed by atoms with Gasteiger partial charge in [0.25, 0.3) is 0 Å². The Bertz CT molecular complexity index is 1880. The lowest BCUT2D eigenvalue weighted by Crippen LogP contribution is -2.37. The predicted molar refractivity (Wildman–Crippen MR) is 156 cm³/mol. The highest BCUT2D eigenvalue weighted by atomic mass is 19.1. The molecule has 1 saturated heterocycles. The van der Waals surface area contributed by atoms with Crippen LogP contribution in [0.15, 0.2) is 102 Å². The van der Waals surface area contributed by atoms with Crippen molar-refractivity contribution in [1.29, 1.82) is 0 Å². The van der Waals surface area contributed by atoms with Gasteiger partial charge in [0.1, 0.15) is 11.5 Å². The van der Waals surface area contributed by atoms with Crippen molar-refractivity contribution < 1.29 is 13.7 Å². The third-order valence-electron chi connectivity index (χ3n) is 8.42. The van der Waals surface area contributed by atoms with Gasteiger partial charge in [0.05, 0.1) is 23.8 Å². The first-order chi connectivity index (χ1) is 20.0. The van der Waals surface area contributed by atoms with Crippen LogP contribution < -0.4 is 0 Å². The molecule has 204 valence electrons. The Morgan fingerprint density at radius 2 is 1.78 bits per heavy atom. The second-order valence-electron chi connectivity index (χ2n) is 11.1. The van der Waals surface area contributed by atoms with Crippen LogP contribution in [0.2, 0.25) is 0 Å². The molecule has 1 unspecified atom stereocenters. The summed E-state index contributed by atoms with van der Waals surface area (Å²) >= 11 is 0. The molecule has 4 aromatic carbocycles. The molecule has 2 aromatic heterocycles. The molecular weight excluding hydrogens is 515 g/mol. The molecule has 6 aromatic rings. The van der Waals surface area contributed by atoms with Crippen LogP contribution in [0.5, 0.6) is 0 Å². The number of hydrogen-bond acceptors (Lipinski definition) is 4. The summed E-state index contributed by atoms with van der Waals surface area (Å²) in [6, 6.07) is 28.9. The number of carbonyl (C=O) groups excluding carboxylic acids is 1. The van der Waals surface area contributed by atoms with Crippen LogP contribution >= 0.6 is 0 Å². The zero-order valence-corrected chi connectivity index (χ0v) is 22.8. The van der Waals surface area contributed by atoms with E-state index in [0.717, 1.165) is 40.4 Å². The Morgan fingerprint density at radius 3 is 2.61 bits per heavy atom. The van der Waals surface area contributed by atoms with Crippen molar-refractivity contribution in [3.8, 4) is 5.69 Å². The molecule has 0 bridgehead atoms. The van der Waals surface area contributed by atoms with Gasteiger partial charge in [0.15, 0.2) is 5.58 Å². The Labute approximate surface area is 237 Å². The first-order valence-electron chi connectivity index (χ1n) is 13.9. The number of aryl methyl sites for hydroxylation is 1. The Morgan fingerprint density at radius 1 is 1.00 bits per heavy atom. The van der Waals surface area contributed by atoms with E-state index >= 15 is 0 Å². The summed E-state index contributed by atoms with van der Waals surface area (Å²) in [5, 5.41) is 10.7. The van der Waals surface area contributed by atoms with Gasteiger partial charge in [-0.2, -0.15) is 5.10 Å². The number of aromatic nitrogens is 3. The van der Waals surface area contributed by atoms with E-state index in [9.17, 15) is 9.18 Å². The molecule has 7 heteroatoms. The van der Waals surface area contributed by atoms with Crippen LogP contribution in [0.3, 0.4) is 0 Å². The van der Waals surface area contributed by atoms with Crippen molar-refractivity contribution in [3.63, 3.8) is 0 Å². The maximum Gasteiger partial charge on any atom is 0.228 e. The molecule has 1 atom stereocenters. The number of halogens is 1. The van der Waals surface area contributed by atoms with E-state index in [-0.39, 0.29) is 23.6 Å². The van der Waals surface area contributed by atoms with E-state index in [4.69, 9.17) is 4.52 Å². The topological polar surface area (TPSA) is 64.2 Å². The van der Waals surface area contributed by atoms with Crippen molar-refractivity contribution in [2.45, 2.75) is 31.6 Å². The summed E-state index contributed by atoms with van der Waals surface area (Å²) in [6.45, 7) is 3.43. The molecule has 7 rings (SSSR count). The van der Waals surface area contributed by atoms with Crippen LogP contribution in [0.1, 0.15) is 28.8 Å². The lowest BCUT2D eigenvalue weighted by molar-refractivity contribution is -0.129. The fourth-order valence-corrected chi connectivity index (χ4v) is 6.39. The molecule has 6 nitrogen and oxygen atoms in total. The maximum atomic E-state index is 13.6. The molecule has 0 N–H and O–H groups in total. The van der Waals surface area contributed by atoms with Gasteiger partial charge in [-0.3, -0.25) is 4.79 Å². The summed E-state index contributed by atoms with van der Waals surface area (Å²) in [6.07, 6.45) is 3.75. The van der Waals surface area contributed by atoms with Crippen LogP contribution in [0.4, 0.5) is 4.39 Å². The zero-order valence-electron chi connectivity index (χ0n) is 22.8. The number of benzene rings is 4. The van der Waals surface area contributed by atoms with Crippen LogP contribution in [0.25, 0.3) is 27.6 Å². The van der Waals surface area contributed by atoms with Crippen molar-refractivity contribution in [2.75, 3.05) is 13.1 Å². The summed E-state index contributed by atoms with van der Waals surface area (Å²) in [4.78, 5) is 15.6. The van der Waals surface area contributed by atoms with Crippen molar-refractivity contribution in [3.05, 3.63) is 125 Å². The molecule has 1 fully saturated rings. The van der Waals surface area contributed by atoms with Gasteiger partial charge in [-0.25, -0.2) is 9.07 Å². The van der Waals surface area contributed by atoms with Crippen LogP contribution in [0, 0.1) is 12.7 Å². The molecular formula is C34H29FN4O2. The fraction of sp³-hybridized carbons (Fsp3) is 0.206. The standard InChI is InChI=1S/C34H29FN4O2/c1-23-17-31-25(21-36-39(31)27-13-11-26(35)12-14-27)18-29(23)34(20-24-7-3-2-4-8-24)15-16-38(22-34)33(40)19-30-28-9-5-6-10-32(28)41-37-30/h2-14,17-18,21H,15-16,19-20,22H2,1H3. The molecule has 0 aliphatic carbocycles. The van der Waals surface area contributed by atoms with Gasteiger partial charge >= 0.3 is 0 Å². The number of hydrogen-bond donors (Lipinski definition) is 0. The molecule has 1 aliphatic heterocycles. The minimum Gasteiger partial charge on any atom is -0.356 e. The second-order valence-corrected chi connectivity index (χ2v) is 11.1. The van der Waals surface area contributed by atoms with Crippen LogP contribution in [-0.2, 0) is 23.1 Å². The quantitative estimate of drug-likeness (QED) is 0.238. The average molecular weight is 545 g/mol. The molecule has 0 radical (unpaired) electrons. The van der Waals surface area contributed by atoms with E-state index < -0.39 is 0 Å². The van der Waals surface area contributed by atoms with Crippen LogP contribution in [-0.4, -0.2) is 38.8 Å². The van der Waals surface area contributed by atoms with Crippen molar-refractivity contribution in [2.24, 2.45) is 0 Å². The summed E-state index contributed by atoms with van der Waals surface area (Å²) in [5.74, 6) is -0.217. The average Bonchev–Trinajstić information content (AvgIpc) is 3.71. The highest BCUT2D eigenvalue weighted by Gasteiger charge is 2.42. The molecule has 3 heterocycles. The number of nitrogens with zero attached hydrogens (tertiary/aromatic N) is 4. The summed E-state index contributed by atoms with van der Waals surface area (Å²) in [5.41, 5.74) is 6.52. The SMILES string of the molecule is Cc1cc2c(cnn2-c2ccc(F)cc2)cc1C1(Cc2ccccc2)CCN(C(=O)Cc2noc3ccccc23)C1. The monoisotopic (exact) mass is 544 g/mol. The molecule has 0 spiro atoms.